The standard InChI is InChI=1S/C30H40FN7O5/c1-30(2,3)17-19-15-20(31)16-22-26(19)34-24(37(22)8)18-38-28(41)21(13-14-32-38)33-27(40)23(43-29(42)36(6)7)11-9-10-12-25(39)35(4)5/h10,12-16,23H,9,11,17-18H2,1-8H3,(H,33,40)/b12-10+/t23-/m0/s1. The summed E-state index contributed by atoms with van der Waals surface area (Å²) in [4.78, 5) is 57.8. The Morgan fingerprint density at radius 2 is 1.84 bits per heavy atom. The van der Waals surface area contributed by atoms with Gasteiger partial charge in [-0.1, -0.05) is 26.8 Å². The molecule has 3 rings (SSSR count). The number of nitrogens with zero attached hydrogens (tertiary/aromatic N) is 6. The van der Waals surface area contributed by atoms with Crippen LogP contribution >= 0.6 is 0 Å². The van der Waals surface area contributed by atoms with Crippen molar-refractivity contribution in [3.63, 3.8) is 0 Å². The summed E-state index contributed by atoms with van der Waals surface area (Å²) in [5, 5.41) is 6.70. The maximum absolute atomic E-state index is 14.5. The van der Waals surface area contributed by atoms with Crippen molar-refractivity contribution in [3.8, 4) is 0 Å². The number of imidazole rings is 1. The first-order chi connectivity index (χ1) is 20.1. The fourth-order valence-electron chi connectivity index (χ4n) is 4.27. The van der Waals surface area contributed by atoms with Crippen LogP contribution < -0.4 is 10.9 Å². The summed E-state index contributed by atoms with van der Waals surface area (Å²) in [7, 11) is 7.94. The molecule has 0 aliphatic carbocycles. The predicted octanol–water partition coefficient (Wildman–Crippen LogP) is 3.34. The summed E-state index contributed by atoms with van der Waals surface area (Å²) < 4.78 is 22.7. The number of halogens is 1. The van der Waals surface area contributed by atoms with Gasteiger partial charge in [0.2, 0.25) is 5.91 Å². The van der Waals surface area contributed by atoms with Gasteiger partial charge in [0.25, 0.3) is 11.5 Å². The van der Waals surface area contributed by atoms with E-state index < -0.39 is 23.7 Å². The number of allylic oxidation sites excluding steroid dienone is 1. The largest absolute Gasteiger partial charge is 0.436 e. The van der Waals surface area contributed by atoms with E-state index in [2.05, 4.69) is 31.2 Å². The second-order valence-corrected chi connectivity index (χ2v) is 11.9. The lowest BCUT2D eigenvalue weighted by Gasteiger charge is -2.19. The average Bonchev–Trinajstić information content (AvgIpc) is 3.21. The maximum atomic E-state index is 14.5. The van der Waals surface area contributed by atoms with Crippen LogP contribution in [0.5, 0.6) is 0 Å². The van der Waals surface area contributed by atoms with Crippen LogP contribution in [0.1, 0.15) is 45.0 Å². The number of carbonyl (C=O) groups excluding carboxylic acids is 3. The number of carbonyl (C=O) groups is 3. The number of rotatable bonds is 10. The van der Waals surface area contributed by atoms with Crippen LogP contribution in [0.4, 0.5) is 14.9 Å². The number of amides is 3. The molecule has 1 N–H and O–H groups in total. The van der Waals surface area contributed by atoms with Crippen molar-refractivity contribution in [1.82, 2.24) is 29.1 Å². The van der Waals surface area contributed by atoms with E-state index in [9.17, 15) is 23.6 Å². The van der Waals surface area contributed by atoms with Gasteiger partial charge in [0.1, 0.15) is 23.9 Å². The number of likely N-dealkylation sites (N-methyl/N-ethyl adjacent to an activating group) is 1. The Labute approximate surface area is 250 Å². The number of nitrogens with one attached hydrogen (secondary N) is 1. The summed E-state index contributed by atoms with van der Waals surface area (Å²) in [6, 6.07) is 4.24. The minimum Gasteiger partial charge on any atom is -0.436 e. The fourth-order valence-corrected chi connectivity index (χ4v) is 4.27. The summed E-state index contributed by atoms with van der Waals surface area (Å²) in [5.41, 5.74) is 1.25. The fraction of sp³-hybridized carbons (Fsp3) is 0.467. The highest BCUT2D eigenvalue weighted by atomic mass is 19.1. The Morgan fingerprint density at radius 1 is 1.14 bits per heavy atom. The van der Waals surface area contributed by atoms with E-state index in [0.717, 1.165) is 10.2 Å². The predicted molar refractivity (Wildman–Crippen MR) is 161 cm³/mol. The zero-order valence-electron chi connectivity index (χ0n) is 26.0. The highest BCUT2D eigenvalue weighted by molar-refractivity contribution is 5.95. The van der Waals surface area contributed by atoms with E-state index in [0.29, 0.717) is 23.3 Å². The number of ether oxygens (including phenoxy) is 1. The average molecular weight is 598 g/mol. The molecule has 0 saturated carbocycles. The molecule has 0 spiro atoms. The van der Waals surface area contributed by atoms with Gasteiger partial charge in [-0.2, -0.15) is 5.10 Å². The van der Waals surface area contributed by atoms with Crippen LogP contribution in [0.3, 0.4) is 0 Å². The lowest BCUT2D eigenvalue weighted by Crippen LogP contribution is -2.38. The Bertz CT molecular complexity index is 1580. The molecular weight excluding hydrogens is 557 g/mol. The quantitative estimate of drug-likeness (QED) is 0.355. The normalized spacial score (nSPS) is 12.4. The smallest absolute Gasteiger partial charge is 0.410 e. The number of benzene rings is 1. The van der Waals surface area contributed by atoms with E-state index >= 15 is 0 Å². The van der Waals surface area contributed by atoms with Crippen molar-refractivity contribution in [2.45, 2.75) is 52.7 Å². The van der Waals surface area contributed by atoms with Crippen molar-refractivity contribution >= 4 is 34.6 Å². The Morgan fingerprint density at radius 3 is 2.47 bits per heavy atom. The molecule has 0 radical (unpaired) electrons. The number of fused-ring (bicyclic) bond motifs is 1. The molecule has 43 heavy (non-hydrogen) atoms. The number of anilines is 1. The van der Waals surface area contributed by atoms with Crippen LogP contribution in [0.25, 0.3) is 11.0 Å². The van der Waals surface area contributed by atoms with Crippen LogP contribution in [0, 0.1) is 11.2 Å². The van der Waals surface area contributed by atoms with Crippen molar-refractivity contribution in [2.24, 2.45) is 12.5 Å². The molecule has 0 unspecified atom stereocenters. The highest BCUT2D eigenvalue weighted by Crippen LogP contribution is 2.28. The first kappa shape index (κ1) is 33.0. The zero-order chi connectivity index (χ0) is 32.1. The topological polar surface area (TPSA) is 132 Å². The first-order valence-corrected chi connectivity index (χ1v) is 13.8. The summed E-state index contributed by atoms with van der Waals surface area (Å²) in [6.07, 6.45) is 3.31. The van der Waals surface area contributed by atoms with E-state index in [1.54, 1.807) is 31.8 Å². The molecule has 12 nitrogen and oxygen atoms in total. The second-order valence-electron chi connectivity index (χ2n) is 11.9. The summed E-state index contributed by atoms with van der Waals surface area (Å²) in [5.74, 6) is -0.821. The van der Waals surface area contributed by atoms with Gasteiger partial charge in [0, 0.05) is 41.4 Å². The van der Waals surface area contributed by atoms with Crippen LogP contribution in [0.15, 0.2) is 41.3 Å². The Balaban J connectivity index is 1.85. The number of hydrogen-bond donors (Lipinski definition) is 1. The van der Waals surface area contributed by atoms with Gasteiger partial charge in [-0.15, -0.1) is 0 Å². The number of hydrogen-bond acceptors (Lipinski definition) is 7. The lowest BCUT2D eigenvalue weighted by molar-refractivity contribution is -0.125. The van der Waals surface area contributed by atoms with E-state index in [1.165, 1.54) is 54.4 Å². The molecule has 0 bridgehead atoms. The third kappa shape index (κ3) is 8.72. The summed E-state index contributed by atoms with van der Waals surface area (Å²) in [6.45, 7) is 6.15. The minimum absolute atomic E-state index is 0.0337. The van der Waals surface area contributed by atoms with Crippen LogP contribution in [0.2, 0.25) is 0 Å². The molecule has 232 valence electrons. The van der Waals surface area contributed by atoms with Gasteiger partial charge in [0.05, 0.1) is 11.0 Å². The van der Waals surface area contributed by atoms with Crippen molar-refractivity contribution < 1.29 is 23.5 Å². The SMILES string of the molecule is CN(C)C(=O)/C=C/CC[C@H](OC(=O)N(C)C)C(=O)Nc1ccnn(Cc2nc3c(CC(C)(C)C)cc(F)cc3n2C)c1=O. The minimum atomic E-state index is -1.23. The molecule has 3 aromatic rings. The second kappa shape index (κ2) is 13.6. The van der Waals surface area contributed by atoms with Gasteiger partial charge in [-0.25, -0.2) is 18.9 Å². The van der Waals surface area contributed by atoms with Gasteiger partial charge >= 0.3 is 6.09 Å². The molecule has 0 aliphatic heterocycles. The Hall–Kier alpha value is -4.55. The van der Waals surface area contributed by atoms with Gasteiger partial charge < -0.3 is 24.4 Å². The molecule has 2 heterocycles. The number of aryl methyl sites for hydroxylation is 1. The van der Waals surface area contributed by atoms with Crippen molar-refractivity contribution in [3.05, 3.63) is 64.1 Å². The molecule has 3 amide bonds. The zero-order valence-corrected chi connectivity index (χ0v) is 26.0. The molecule has 0 aliphatic rings. The van der Waals surface area contributed by atoms with E-state index in [1.807, 2.05) is 0 Å². The molecule has 1 atom stereocenters. The third-order valence-corrected chi connectivity index (χ3v) is 6.50. The van der Waals surface area contributed by atoms with Crippen LogP contribution in [-0.4, -0.2) is 81.3 Å². The molecular formula is C30H40FN7O5. The van der Waals surface area contributed by atoms with Gasteiger partial charge in [-0.05, 0) is 54.5 Å². The molecule has 0 fully saturated rings. The number of aromatic nitrogens is 4. The molecule has 2 aromatic heterocycles. The van der Waals surface area contributed by atoms with E-state index in [-0.39, 0.29) is 42.2 Å². The first-order valence-electron chi connectivity index (χ1n) is 13.8. The molecule has 13 heteroatoms. The van der Waals surface area contributed by atoms with Crippen LogP contribution in [-0.2, 0) is 34.3 Å². The maximum Gasteiger partial charge on any atom is 0.410 e. The highest BCUT2D eigenvalue weighted by Gasteiger charge is 2.25. The van der Waals surface area contributed by atoms with Gasteiger partial charge in [-0.3, -0.25) is 14.4 Å². The lowest BCUT2D eigenvalue weighted by atomic mass is 9.87. The summed E-state index contributed by atoms with van der Waals surface area (Å²) >= 11 is 0. The third-order valence-electron chi connectivity index (χ3n) is 6.50. The molecule has 0 saturated heterocycles. The van der Waals surface area contributed by atoms with E-state index in [4.69, 9.17) is 9.72 Å². The monoisotopic (exact) mass is 597 g/mol. The Kier molecular flexibility index (Phi) is 10.4. The molecule has 1 aromatic carbocycles. The van der Waals surface area contributed by atoms with Crippen molar-refractivity contribution in [1.29, 1.82) is 0 Å². The van der Waals surface area contributed by atoms with Crippen molar-refractivity contribution in [2.75, 3.05) is 33.5 Å². The van der Waals surface area contributed by atoms with Gasteiger partial charge in [0.15, 0.2) is 6.10 Å².